The van der Waals surface area contributed by atoms with Gasteiger partial charge < -0.3 is 9.72 Å². The van der Waals surface area contributed by atoms with E-state index in [9.17, 15) is 18.0 Å². The molecule has 0 bridgehead atoms. The van der Waals surface area contributed by atoms with Gasteiger partial charge in [-0.1, -0.05) is 23.9 Å². The zero-order valence-electron chi connectivity index (χ0n) is 12.0. The van der Waals surface area contributed by atoms with Crippen molar-refractivity contribution < 1.29 is 17.9 Å². The molecule has 0 fully saturated rings. The van der Waals surface area contributed by atoms with Crippen molar-refractivity contribution in [2.75, 3.05) is 13.4 Å². The van der Waals surface area contributed by atoms with E-state index in [0.29, 0.717) is 0 Å². The molecule has 1 aromatic carbocycles. The van der Waals surface area contributed by atoms with Crippen molar-refractivity contribution >= 4 is 11.8 Å². The van der Waals surface area contributed by atoms with E-state index in [0.717, 1.165) is 31.0 Å². The van der Waals surface area contributed by atoms with Gasteiger partial charge >= 0.3 is 6.18 Å². The summed E-state index contributed by atoms with van der Waals surface area (Å²) in [5.41, 5.74) is -3.06. The van der Waals surface area contributed by atoms with Crippen molar-refractivity contribution in [3.8, 4) is 23.1 Å². The van der Waals surface area contributed by atoms with E-state index in [4.69, 9.17) is 10.00 Å². The molecule has 1 N–H and O–H groups in total. The number of ether oxygens (including phenoxy) is 1. The lowest BCUT2D eigenvalue weighted by Crippen LogP contribution is -2.17. The first kappa shape index (κ1) is 16.9. The molecule has 0 radical (unpaired) electrons. The van der Waals surface area contributed by atoms with Gasteiger partial charge in [0.1, 0.15) is 22.9 Å². The van der Waals surface area contributed by atoms with Crippen molar-refractivity contribution in [3.63, 3.8) is 0 Å². The minimum Gasteiger partial charge on any atom is -0.496 e. The summed E-state index contributed by atoms with van der Waals surface area (Å²) in [6.45, 7) is 0. The van der Waals surface area contributed by atoms with E-state index in [-0.39, 0.29) is 16.4 Å². The standard InChI is InChI=1S/C14H10F3N3O2S/c1-22-9-5-3-4-7(10(9)14(15,16)17)11-8(6-18)12(21)20-13(19-11)23-2/h3-5H,1-2H3,(H,19,20,21). The molecule has 0 saturated carbocycles. The van der Waals surface area contributed by atoms with Crippen LogP contribution in [-0.4, -0.2) is 23.3 Å². The number of nitriles is 1. The fourth-order valence-electron chi connectivity index (χ4n) is 2.04. The summed E-state index contributed by atoms with van der Waals surface area (Å²) in [5.74, 6) is -0.410. The van der Waals surface area contributed by atoms with Gasteiger partial charge in [0.2, 0.25) is 0 Å². The highest BCUT2D eigenvalue weighted by Gasteiger charge is 2.38. The Bertz CT molecular complexity index is 841. The lowest BCUT2D eigenvalue weighted by Gasteiger charge is -2.16. The lowest BCUT2D eigenvalue weighted by atomic mass is 10.00. The zero-order valence-corrected chi connectivity index (χ0v) is 12.8. The molecule has 5 nitrogen and oxygen atoms in total. The number of thioether (sulfide) groups is 1. The number of nitrogens with one attached hydrogen (secondary N) is 1. The summed E-state index contributed by atoms with van der Waals surface area (Å²) in [7, 11) is 1.11. The van der Waals surface area contributed by atoms with Crippen LogP contribution in [0.25, 0.3) is 11.3 Å². The van der Waals surface area contributed by atoms with Gasteiger partial charge in [0.25, 0.3) is 5.56 Å². The number of hydrogen-bond acceptors (Lipinski definition) is 5. The first-order chi connectivity index (χ1) is 10.8. The number of H-pyrrole nitrogens is 1. The van der Waals surface area contributed by atoms with Crippen molar-refractivity contribution in [2.24, 2.45) is 0 Å². The number of nitrogens with zero attached hydrogens (tertiary/aromatic N) is 2. The van der Waals surface area contributed by atoms with Crippen LogP contribution in [0.15, 0.2) is 28.2 Å². The van der Waals surface area contributed by atoms with Gasteiger partial charge in [0.05, 0.1) is 12.8 Å². The summed E-state index contributed by atoms with van der Waals surface area (Å²) in [4.78, 5) is 18.2. The molecule has 1 heterocycles. The molecular weight excluding hydrogens is 331 g/mol. The first-order valence-electron chi connectivity index (χ1n) is 6.16. The van der Waals surface area contributed by atoms with Crippen molar-refractivity contribution in [1.82, 2.24) is 9.97 Å². The molecule has 0 saturated heterocycles. The highest BCUT2D eigenvalue weighted by Crippen LogP contribution is 2.42. The predicted molar refractivity (Wildman–Crippen MR) is 78.3 cm³/mol. The molecule has 2 rings (SSSR count). The molecule has 0 unspecified atom stereocenters. The van der Waals surface area contributed by atoms with Gasteiger partial charge in [0.15, 0.2) is 5.16 Å². The smallest absolute Gasteiger partial charge is 0.420 e. The fraction of sp³-hybridized carbons (Fsp3) is 0.214. The average molecular weight is 341 g/mol. The van der Waals surface area contributed by atoms with Gasteiger partial charge in [-0.2, -0.15) is 18.4 Å². The van der Waals surface area contributed by atoms with Crippen LogP contribution >= 0.6 is 11.8 Å². The monoisotopic (exact) mass is 341 g/mol. The highest BCUT2D eigenvalue weighted by atomic mass is 32.2. The van der Waals surface area contributed by atoms with Crippen LogP contribution in [0, 0.1) is 11.3 Å². The Kier molecular flexibility index (Phi) is 4.65. The maximum atomic E-state index is 13.4. The molecule has 0 amide bonds. The maximum Gasteiger partial charge on any atom is 0.420 e. The Labute approximate surface area is 133 Å². The Balaban J connectivity index is 2.91. The second-order valence-corrected chi connectivity index (χ2v) is 5.09. The first-order valence-corrected chi connectivity index (χ1v) is 7.39. The minimum absolute atomic E-state index is 0.111. The molecule has 2 aromatic rings. The van der Waals surface area contributed by atoms with E-state index in [2.05, 4.69) is 9.97 Å². The SMILES string of the molecule is COc1cccc(-c2nc(SC)[nH]c(=O)c2C#N)c1C(F)(F)F. The van der Waals surface area contributed by atoms with Gasteiger partial charge in [-0.05, 0) is 12.3 Å². The Hall–Kier alpha value is -2.47. The van der Waals surface area contributed by atoms with Crippen LogP contribution in [0.4, 0.5) is 13.2 Å². The van der Waals surface area contributed by atoms with E-state index >= 15 is 0 Å². The second kappa shape index (κ2) is 6.34. The number of aromatic nitrogens is 2. The molecule has 0 aliphatic carbocycles. The number of methoxy groups -OCH3 is 1. The number of alkyl halides is 3. The number of rotatable bonds is 3. The third-order valence-corrected chi connectivity index (χ3v) is 3.57. The van der Waals surface area contributed by atoms with Crippen LogP contribution in [0.2, 0.25) is 0 Å². The number of benzene rings is 1. The lowest BCUT2D eigenvalue weighted by molar-refractivity contribution is -0.138. The third-order valence-electron chi connectivity index (χ3n) is 2.99. The van der Waals surface area contributed by atoms with E-state index < -0.39 is 28.6 Å². The van der Waals surface area contributed by atoms with Crippen LogP contribution in [0.5, 0.6) is 5.75 Å². The number of hydrogen-bond donors (Lipinski definition) is 1. The zero-order chi connectivity index (χ0) is 17.2. The van der Waals surface area contributed by atoms with Crippen molar-refractivity contribution in [2.45, 2.75) is 11.3 Å². The van der Waals surface area contributed by atoms with Crippen molar-refractivity contribution in [3.05, 3.63) is 39.7 Å². The molecule has 0 aliphatic heterocycles. The molecule has 0 spiro atoms. The Morgan fingerprint density at radius 1 is 1.39 bits per heavy atom. The fourth-order valence-corrected chi connectivity index (χ4v) is 2.42. The van der Waals surface area contributed by atoms with Gasteiger partial charge in [-0.25, -0.2) is 4.98 Å². The predicted octanol–water partition coefficient (Wildman–Crippen LogP) is 3.06. The molecule has 120 valence electrons. The average Bonchev–Trinajstić information content (AvgIpc) is 2.52. The van der Waals surface area contributed by atoms with E-state index in [1.165, 1.54) is 6.07 Å². The van der Waals surface area contributed by atoms with Gasteiger partial charge in [-0.15, -0.1) is 0 Å². The van der Waals surface area contributed by atoms with Gasteiger partial charge in [0, 0.05) is 5.56 Å². The number of aromatic amines is 1. The summed E-state index contributed by atoms with van der Waals surface area (Å²) in [6, 6.07) is 5.25. The van der Waals surface area contributed by atoms with E-state index in [1.807, 2.05) is 0 Å². The quantitative estimate of drug-likeness (QED) is 0.686. The Morgan fingerprint density at radius 3 is 2.61 bits per heavy atom. The molecule has 0 atom stereocenters. The largest absolute Gasteiger partial charge is 0.496 e. The summed E-state index contributed by atoms with van der Waals surface area (Å²) in [6.07, 6.45) is -3.14. The normalized spacial score (nSPS) is 11.1. The van der Waals surface area contributed by atoms with Crippen LogP contribution in [0.1, 0.15) is 11.1 Å². The molecule has 0 aliphatic rings. The van der Waals surface area contributed by atoms with Gasteiger partial charge in [-0.3, -0.25) is 4.79 Å². The number of halogens is 3. The molecular formula is C14H10F3N3O2S. The van der Waals surface area contributed by atoms with Crippen LogP contribution < -0.4 is 10.3 Å². The van der Waals surface area contributed by atoms with Crippen LogP contribution in [0.3, 0.4) is 0 Å². The van der Waals surface area contributed by atoms with E-state index in [1.54, 1.807) is 12.3 Å². The van der Waals surface area contributed by atoms with Crippen LogP contribution in [-0.2, 0) is 6.18 Å². The second-order valence-electron chi connectivity index (χ2n) is 4.29. The highest BCUT2D eigenvalue weighted by molar-refractivity contribution is 7.98. The summed E-state index contributed by atoms with van der Waals surface area (Å²) < 4.78 is 45.0. The molecule has 23 heavy (non-hydrogen) atoms. The molecule has 9 heteroatoms. The summed E-state index contributed by atoms with van der Waals surface area (Å²) >= 11 is 1.05. The van der Waals surface area contributed by atoms with Crippen molar-refractivity contribution in [1.29, 1.82) is 5.26 Å². The Morgan fingerprint density at radius 2 is 2.09 bits per heavy atom. The summed E-state index contributed by atoms with van der Waals surface area (Å²) in [5, 5.41) is 9.23. The maximum absolute atomic E-state index is 13.4. The third kappa shape index (κ3) is 3.17. The topological polar surface area (TPSA) is 78.8 Å². The minimum atomic E-state index is -4.74. The molecule has 1 aromatic heterocycles.